The number of furan rings is 1. The smallest absolute Gasteiger partial charge is 0.243 e. The maximum atomic E-state index is 12.3. The van der Waals surface area contributed by atoms with Crippen molar-refractivity contribution < 1.29 is 13.9 Å². The van der Waals surface area contributed by atoms with Crippen molar-refractivity contribution in [2.24, 2.45) is 0 Å². The van der Waals surface area contributed by atoms with Crippen LogP contribution in [-0.4, -0.2) is 19.6 Å². The number of hydrogen-bond acceptors (Lipinski definition) is 4. The van der Waals surface area contributed by atoms with Gasteiger partial charge >= 0.3 is 0 Å². The van der Waals surface area contributed by atoms with E-state index in [9.17, 15) is 4.79 Å². The van der Waals surface area contributed by atoms with Crippen LogP contribution in [-0.2, 0) is 4.79 Å². The van der Waals surface area contributed by atoms with Gasteiger partial charge in [-0.3, -0.25) is 4.79 Å². The molecule has 4 aromatic rings. The van der Waals surface area contributed by atoms with E-state index < -0.39 is 0 Å². The number of amides is 1. The number of benzene rings is 3. The van der Waals surface area contributed by atoms with Crippen LogP contribution in [0, 0.1) is 0 Å². The molecular weight excluding hydrogens is 408 g/mol. The zero-order valence-corrected chi connectivity index (χ0v) is 16.2. The predicted octanol–water partition coefficient (Wildman–Crippen LogP) is 5.41. The lowest BCUT2D eigenvalue weighted by Crippen LogP contribution is -2.22. The first-order valence-electron chi connectivity index (χ1n) is 8.43. The maximum Gasteiger partial charge on any atom is 0.243 e. The first-order chi connectivity index (χ1) is 13.2. The number of anilines is 2. The fourth-order valence-corrected chi connectivity index (χ4v) is 3.37. The molecular formula is C21H17BrN2O3. The summed E-state index contributed by atoms with van der Waals surface area (Å²) in [5.74, 6) is 0.497. The topological polar surface area (TPSA) is 63.5 Å². The third-order valence-corrected chi connectivity index (χ3v) is 4.98. The van der Waals surface area contributed by atoms with Crippen LogP contribution >= 0.6 is 15.9 Å². The van der Waals surface area contributed by atoms with Crippen molar-refractivity contribution in [1.29, 1.82) is 0 Å². The van der Waals surface area contributed by atoms with E-state index in [-0.39, 0.29) is 12.5 Å². The standard InChI is InChI=1S/C21H17BrN2O3/c1-26-20-10-14-13-6-2-5-9-18(13)27-19(14)11-17(20)23-12-21(25)24-16-8-4-3-7-15(16)22/h2-11,23H,12H2,1H3,(H,24,25). The number of fused-ring (bicyclic) bond motifs is 3. The SMILES string of the molecule is COc1cc2c(cc1NCC(=O)Nc1ccccc1Br)oc1ccccc12. The zero-order valence-electron chi connectivity index (χ0n) is 14.6. The highest BCUT2D eigenvalue weighted by atomic mass is 79.9. The lowest BCUT2D eigenvalue weighted by atomic mass is 10.1. The number of methoxy groups -OCH3 is 1. The summed E-state index contributed by atoms with van der Waals surface area (Å²) in [5.41, 5.74) is 2.99. The van der Waals surface area contributed by atoms with E-state index in [0.717, 1.165) is 32.1 Å². The Bertz CT molecular complexity index is 1140. The average molecular weight is 425 g/mol. The summed E-state index contributed by atoms with van der Waals surface area (Å²) in [5, 5.41) is 8.00. The molecule has 0 unspecified atom stereocenters. The van der Waals surface area contributed by atoms with Gasteiger partial charge < -0.3 is 19.8 Å². The van der Waals surface area contributed by atoms with Gasteiger partial charge in [0.1, 0.15) is 16.9 Å². The Labute approximate surface area is 164 Å². The van der Waals surface area contributed by atoms with Gasteiger partial charge in [0.2, 0.25) is 5.91 Å². The molecule has 0 aliphatic heterocycles. The second-order valence-corrected chi connectivity index (χ2v) is 6.88. The van der Waals surface area contributed by atoms with Gasteiger partial charge in [-0.05, 0) is 40.2 Å². The van der Waals surface area contributed by atoms with Crippen LogP contribution in [0.4, 0.5) is 11.4 Å². The van der Waals surface area contributed by atoms with E-state index in [4.69, 9.17) is 9.15 Å². The number of halogens is 1. The fourth-order valence-electron chi connectivity index (χ4n) is 2.99. The largest absolute Gasteiger partial charge is 0.495 e. The Kier molecular flexibility index (Phi) is 4.73. The van der Waals surface area contributed by atoms with Crippen molar-refractivity contribution in [2.45, 2.75) is 0 Å². The molecule has 0 radical (unpaired) electrons. The van der Waals surface area contributed by atoms with Crippen LogP contribution < -0.4 is 15.4 Å². The maximum absolute atomic E-state index is 12.3. The fraction of sp³-hybridized carbons (Fsp3) is 0.0952. The number of carbonyl (C=O) groups excluding carboxylic acids is 1. The number of hydrogen-bond donors (Lipinski definition) is 2. The molecule has 6 heteroatoms. The van der Waals surface area contributed by atoms with E-state index in [2.05, 4.69) is 26.6 Å². The van der Waals surface area contributed by atoms with Gasteiger partial charge in [-0.1, -0.05) is 30.3 Å². The number of carbonyl (C=O) groups is 1. The molecule has 0 fully saturated rings. The summed E-state index contributed by atoms with van der Waals surface area (Å²) in [6.07, 6.45) is 0. The molecule has 0 bridgehead atoms. The highest BCUT2D eigenvalue weighted by Gasteiger charge is 2.13. The Morgan fingerprint density at radius 1 is 1.00 bits per heavy atom. The van der Waals surface area contributed by atoms with Crippen LogP contribution in [0.25, 0.3) is 21.9 Å². The molecule has 136 valence electrons. The summed E-state index contributed by atoms with van der Waals surface area (Å²) in [6, 6.07) is 19.1. The minimum Gasteiger partial charge on any atom is -0.495 e. The Hall–Kier alpha value is -2.99. The minimum atomic E-state index is -0.159. The van der Waals surface area contributed by atoms with Crippen molar-refractivity contribution in [3.05, 3.63) is 65.1 Å². The highest BCUT2D eigenvalue weighted by molar-refractivity contribution is 9.10. The number of ether oxygens (including phenoxy) is 1. The highest BCUT2D eigenvalue weighted by Crippen LogP contribution is 2.36. The Morgan fingerprint density at radius 3 is 2.59 bits per heavy atom. The molecule has 0 saturated heterocycles. The first kappa shape index (κ1) is 17.4. The molecule has 0 aliphatic rings. The number of rotatable bonds is 5. The molecule has 0 saturated carbocycles. The molecule has 1 aromatic heterocycles. The van der Waals surface area contributed by atoms with E-state index in [0.29, 0.717) is 11.4 Å². The van der Waals surface area contributed by atoms with E-state index >= 15 is 0 Å². The van der Waals surface area contributed by atoms with Crippen LogP contribution in [0.15, 0.2) is 69.6 Å². The third-order valence-electron chi connectivity index (χ3n) is 4.29. The first-order valence-corrected chi connectivity index (χ1v) is 9.22. The molecule has 2 N–H and O–H groups in total. The second-order valence-electron chi connectivity index (χ2n) is 6.03. The summed E-state index contributed by atoms with van der Waals surface area (Å²) in [7, 11) is 1.61. The molecule has 0 spiro atoms. The molecule has 27 heavy (non-hydrogen) atoms. The monoisotopic (exact) mass is 424 g/mol. The van der Waals surface area contributed by atoms with E-state index in [1.807, 2.05) is 60.7 Å². The number of nitrogens with one attached hydrogen (secondary N) is 2. The van der Waals surface area contributed by atoms with Crippen LogP contribution in [0.2, 0.25) is 0 Å². The number of para-hydroxylation sites is 2. The van der Waals surface area contributed by atoms with Crippen molar-refractivity contribution in [1.82, 2.24) is 0 Å². The van der Waals surface area contributed by atoms with Gasteiger partial charge in [-0.15, -0.1) is 0 Å². The summed E-state index contributed by atoms with van der Waals surface area (Å²) >= 11 is 3.42. The molecule has 5 nitrogen and oxygen atoms in total. The van der Waals surface area contributed by atoms with Gasteiger partial charge in [-0.2, -0.15) is 0 Å². The van der Waals surface area contributed by atoms with E-state index in [1.165, 1.54) is 0 Å². The van der Waals surface area contributed by atoms with Gasteiger partial charge in [0.05, 0.1) is 25.0 Å². The molecule has 3 aromatic carbocycles. The molecule has 0 atom stereocenters. The lowest BCUT2D eigenvalue weighted by Gasteiger charge is -2.12. The normalized spacial score (nSPS) is 10.9. The molecule has 4 rings (SSSR count). The zero-order chi connectivity index (χ0) is 18.8. The minimum absolute atomic E-state index is 0.101. The van der Waals surface area contributed by atoms with Gasteiger partial charge in [-0.25, -0.2) is 0 Å². The average Bonchev–Trinajstić information content (AvgIpc) is 3.04. The van der Waals surface area contributed by atoms with Crippen LogP contribution in [0.5, 0.6) is 5.75 Å². The van der Waals surface area contributed by atoms with Gasteiger partial charge in [0.15, 0.2) is 0 Å². The summed E-state index contributed by atoms with van der Waals surface area (Å²) in [4.78, 5) is 12.3. The van der Waals surface area contributed by atoms with Crippen molar-refractivity contribution >= 4 is 55.2 Å². The summed E-state index contributed by atoms with van der Waals surface area (Å²) in [6.45, 7) is 0.101. The van der Waals surface area contributed by atoms with Gasteiger partial charge in [0, 0.05) is 21.3 Å². The second kappa shape index (κ2) is 7.32. The van der Waals surface area contributed by atoms with Crippen LogP contribution in [0.1, 0.15) is 0 Å². The quantitative estimate of drug-likeness (QED) is 0.449. The van der Waals surface area contributed by atoms with Gasteiger partial charge in [0.25, 0.3) is 0 Å². The van der Waals surface area contributed by atoms with Crippen LogP contribution in [0.3, 0.4) is 0 Å². The third kappa shape index (κ3) is 3.48. The molecule has 1 heterocycles. The molecule has 1 amide bonds. The predicted molar refractivity (Wildman–Crippen MR) is 112 cm³/mol. The Balaban J connectivity index is 1.57. The van der Waals surface area contributed by atoms with Crippen molar-refractivity contribution in [3.8, 4) is 5.75 Å². The Morgan fingerprint density at radius 2 is 1.78 bits per heavy atom. The lowest BCUT2D eigenvalue weighted by molar-refractivity contribution is -0.114. The summed E-state index contributed by atoms with van der Waals surface area (Å²) < 4.78 is 12.2. The van der Waals surface area contributed by atoms with E-state index in [1.54, 1.807) is 7.11 Å². The van der Waals surface area contributed by atoms with Crippen molar-refractivity contribution in [3.63, 3.8) is 0 Å². The molecule has 0 aliphatic carbocycles. The van der Waals surface area contributed by atoms with Crippen molar-refractivity contribution in [2.75, 3.05) is 24.3 Å².